The average molecular weight is 238 g/mol. The Hall–Kier alpha value is -1.13. The molecule has 4 heteroatoms. The van der Waals surface area contributed by atoms with E-state index in [1.807, 2.05) is 19.2 Å². The molecule has 17 heavy (non-hydrogen) atoms. The van der Waals surface area contributed by atoms with Gasteiger partial charge in [-0.25, -0.2) is 0 Å². The highest BCUT2D eigenvalue weighted by Gasteiger charge is 1.93. The monoisotopic (exact) mass is 238 g/mol. The number of nitrogens with zero attached hydrogens (tertiary/aromatic N) is 1. The number of pyridine rings is 1. The first-order valence-electron chi connectivity index (χ1n) is 6.06. The molecule has 0 radical (unpaired) electrons. The molecule has 1 aromatic rings. The van der Waals surface area contributed by atoms with Gasteiger partial charge in [0.15, 0.2) is 0 Å². The third kappa shape index (κ3) is 6.92. The van der Waals surface area contributed by atoms with Crippen molar-refractivity contribution in [3.8, 4) is 0 Å². The summed E-state index contributed by atoms with van der Waals surface area (Å²) >= 11 is 0. The lowest BCUT2D eigenvalue weighted by Crippen LogP contribution is -2.06. The van der Waals surface area contributed by atoms with Gasteiger partial charge >= 0.3 is 0 Å². The molecule has 0 fully saturated rings. The number of aryl methyl sites for hydroxylation is 1. The van der Waals surface area contributed by atoms with Gasteiger partial charge in [-0.1, -0.05) is 0 Å². The average Bonchev–Trinajstić information content (AvgIpc) is 2.33. The minimum atomic E-state index is 0.675. The van der Waals surface area contributed by atoms with E-state index in [0.717, 1.165) is 37.4 Å². The Bertz CT molecular complexity index is 305. The van der Waals surface area contributed by atoms with Crippen LogP contribution in [0.25, 0.3) is 0 Å². The van der Waals surface area contributed by atoms with E-state index in [2.05, 4.69) is 16.4 Å². The number of unbranched alkanes of at least 4 members (excludes halogenated alkanes) is 1. The quantitative estimate of drug-likeness (QED) is 0.670. The molecule has 0 aliphatic carbocycles. The molecule has 1 N–H and O–H groups in total. The Kier molecular flexibility index (Phi) is 7.34. The topological polar surface area (TPSA) is 43.4 Å². The molecule has 1 rings (SSSR count). The molecular weight excluding hydrogens is 216 g/mol. The number of hydrogen-bond acceptors (Lipinski definition) is 4. The van der Waals surface area contributed by atoms with Crippen LogP contribution in [0.1, 0.15) is 18.5 Å². The Morgan fingerprint density at radius 1 is 1.24 bits per heavy atom. The van der Waals surface area contributed by atoms with Crippen LogP contribution < -0.4 is 5.32 Å². The van der Waals surface area contributed by atoms with Crippen molar-refractivity contribution in [3.63, 3.8) is 0 Å². The van der Waals surface area contributed by atoms with Gasteiger partial charge in [0.1, 0.15) is 0 Å². The zero-order chi connectivity index (χ0) is 12.3. The summed E-state index contributed by atoms with van der Waals surface area (Å²) < 4.78 is 10.3. The number of anilines is 1. The standard InChI is InChI=1S/C13H22N2O2/c1-12-11-13(5-7-14-12)15-6-3-4-8-17-10-9-16-2/h5,7,11H,3-4,6,8-10H2,1-2H3,(H,14,15). The highest BCUT2D eigenvalue weighted by atomic mass is 16.5. The minimum absolute atomic E-state index is 0.675. The van der Waals surface area contributed by atoms with E-state index in [-0.39, 0.29) is 0 Å². The first-order valence-corrected chi connectivity index (χ1v) is 6.06. The Morgan fingerprint density at radius 2 is 2.12 bits per heavy atom. The van der Waals surface area contributed by atoms with Gasteiger partial charge in [-0.2, -0.15) is 0 Å². The molecule has 0 bridgehead atoms. The molecule has 0 aliphatic rings. The third-order valence-corrected chi connectivity index (χ3v) is 2.37. The molecule has 0 atom stereocenters. The number of hydrogen-bond donors (Lipinski definition) is 1. The van der Waals surface area contributed by atoms with Crippen molar-refractivity contribution in [2.75, 3.05) is 38.8 Å². The largest absolute Gasteiger partial charge is 0.385 e. The molecule has 0 spiro atoms. The van der Waals surface area contributed by atoms with Crippen LogP contribution in [0.15, 0.2) is 18.3 Å². The van der Waals surface area contributed by atoms with Gasteiger partial charge in [0.05, 0.1) is 13.2 Å². The van der Waals surface area contributed by atoms with Gasteiger partial charge in [-0.05, 0) is 31.9 Å². The maximum Gasteiger partial charge on any atom is 0.0700 e. The first-order chi connectivity index (χ1) is 8.33. The molecule has 0 aliphatic heterocycles. The van der Waals surface area contributed by atoms with Gasteiger partial charge in [0.25, 0.3) is 0 Å². The summed E-state index contributed by atoms with van der Waals surface area (Å²) in [4.78, 5) is 4.15. The summed E-state index contributed by atoms with van der Waals surface area (Å²) in [5.41, 5.74) is 2.18. The molecule has 0 unspecified atom stereocenters. The second-order valence-electron chi connectivity index (χ2n) is 3.92. The second-order valence-corrected chi connectivity index (χ2v) is 3.92. The van der Waals surface area contributed by atoms with Crippen LogP contribution in [0.2, 0.25) is 0 Å². The first kappa shape index (κ1) is 13.9. The van der Waals surface area contributed by atoms with Crippen LogP contribution in [-0.4, -0.2) is 38.5 Å². The molecular formula is C13H22N2O2. The number of nitrogens with one attached hydrogen (secondary N) is 1. The predicted molar refractivity (Wildman–Crippen MR) is 69.4 cm³/mol. The Labute approximate surface area is 103 Å². The van der Waals surface area contributed by atoms with Crippen molar-refractivity contribution >= 4 is 5.69 Å². The second kappa shape index (κ2) is 8.96. The maximum atomic E-state index is 5.38. The zero-order valence-corrected chi connectivity index (χ0v) is 10.7. The van der Waals surface area contributed by atoms with Crippen LogP contribution in [0.4, 0.5) is 5.69 Å². The summed E-state index contributed by atoms with van der Waals surface area (Å²) in [5, 5.41) is 3.37. The van der Waals surface area contributed by atoms with E-state index >= 15 is 0 Å². The summed E-state index contributed by atoms with van der Waals surface area (Å²) in [7, 11) is 1.68. The van der Waals surface area contributed by atoms with Crippen LogP contribution in [-0.2, 0) is 9.47 Å². The van der Waals surface area contributed by atoms with E-state index in [9.17, 15) is 0 Å². The predicted octanol–water partition coefficient (Wildman–Crippen LogP) is 2.25. The van der Waals surface area contributed by atoms with E-state index < -0.39 is 0 Å². The number of ether oxygens (including phenoxy) is 2. The molecule has 0 saturated heterocycles. The van der Waals surface area contributed by atoms with Crippen LogP contribution in [0, 0.1) is 6.92 Å². The SMILES string of the molecule is COCCOCCCCNc1ccnc(C)c1. The highest BCUT2D eigenvalue weighted by Crippen LogP contribution is 2.06. The maximum absolute atomic E-state index is 5.38. The van der Waals surface area contributed by atoms with Gasteiger partial charge in [0, 0.05) is 37.8 Å². The smallest absolute Gasteiger partial charge is 0.0700 e. The van der Waals surface area contributed by atoms with Crippen molar-refractivity contribution in [2.45, 2.75) is 19.8 Å². The fourth-order valence-electron chi connectivity index (χ4n) is 1.46. The molecule has 96 valence electrons. The lowest BCUT2D eigenvalue weighted by Gasteiger charge is -2.07. The lowest BCUT2D eigenvalue weighted by molar-refractivity contribution is 0.0691. The van der Waals surface area contributed by atoms with Crippen LogP contribution in [0.5, 0.6) is 0 Å². The molecule has 1 aromatic heterocycles. The summed E-state index contributed by atoms with van der Waals surface area (Å²) in [6.07, 6.45) is 4.00. The van der Waals surface area contributed by atoms with Crippen molar-refractivity contribution in [2.24, 2.45) is 0 Å². The van der Waals surface area contributed by atoms with Gasteiger partial charge in [0.2, 0.25) is 0 Å². The molecule has 0 amide bonds. The number of aromatic nitrogens is 1. The van der Waals surface area contributed by atoms with Crippen molar-refractivity contribution in [3.05, 3.63) is 24.0 Å². The lowest BCUT2D eigenvalue weighted by atomic mass is 10.3. The molecule has 0 saturated carbocycles. The van der Waals surface area contributed by atoms with E-state index in [4.69, 9.17) is 9.47 Å². The molecule has 4 nitrogen and oxygen atoms in total. The van der Waals surface area contributed by atoms with Gasteiger partial charge in [-0.15, -0.1) is 0 Å². The summed E-state index contributed by atoms with van der Waals surface area (Å²) in [6.45, 7) is 5.13. The van der Waals surface area contributed by atoms with Crippen molar-refractivity contribution in [1.82, 2.24) is 4.98 Å². The van der Waals surface area contributed by atoms with Crippen molar-refractivity contribution < 1.29 is 9.47 Å². The molecule has 0 aromatic carbocycles. The fraction of sp³-hybridized carbons (Fsp3) is 0.615. The third-order valence-electron chi connectivity index (χ3n) is 2.37. The van der Waals surface area contributed by atoms with E-state index in [1.54, 1.807) is 7.11 Å². The number of methoxy groups -OCH3 is 1. The van der Waals surface area contributed by atoms with Gasteiger partial charge in [-0.3, -0.25) is 4.98 Å². The number of rotatable bonds is 9. The Morgan fingerprint density at radius 3 is 2.88 bits per heavy atom. The summed E-state index contributed by atoms with van der Waals surface area (Å²) in [6, 6.07) is 4.04. The van der Waals surface area contributed by atoms with Crippen LogP contribution >= 0.6 is 0 Å². The zero-order valence-electron chi connectivity index (χ0n) is 10.7. The van der Waals surface area contributed by atoms with Crippen molar-refractivity contribution in [1.29, 1.82) is 0 Å². The Balaban J connectivity index is 1.97. The normalized spacial score (nSPS) is 10.5. The van der Waals surface area contributed by atoms with E-state index in [0.29, 0.717) is 13.2 Å². The summed E-state index contributed by atoms with van der Waals surface area (Å²) in [5.74, 6) is 0. The highest BCUT2D eigenvalue weighted by molar-refractivity contribution is 5.42. The van der Waals surface area contributed by atoms with E-state index in [1.165, 1.54) is 0 Å². The minimum Gasteiger partial charge on any atom is -0.385 e. The van der Waals surface area contributed by atoms with Gasteiger partial charge < -0.3 is 14.8 Å². The fourth-order valence-corrected chi connectivity index (χ4v) is 1.46. The molecule has 1 heterocycles. The van der Waals surface area contributed by atoms with Crippen LogP contribution in [0.3, 0.4) is 0 Å².